The van der Waals surface area contributed by atoms with E-state index in [9.17, 15) is 13.2 Å². The van der Waals surface area contributed by atoms with Gasteiger partial charge in [-0.05, 0) is 68.6 Å². The van der Waals surface area contributed by atoms with Crippen molar-refractivity contribution in [2.75, 3.05) is 7.05 Å². The summed E-state index contributed by atoms with van der Waals surface area (Å²) in [5, 5.41) is 9.57. The molecule has 5 aromatic heterocycles. The second kappa shape index (κ2) is 8.47. The molecule has 12 heteroatoms. The van der Waals surface area contributed by atoms with Crippen molar-refractivity contribution in [3.05, 3.63) is 95.4 Å². The van der Waals surface area contributed by atoms with Crippen LogP contribution in [0.5, 0.6) is 0 Å². The summed E-state index contributed by atoms with van der Waals surface area (Å²) in [4.78, 5) is 22.6. The minimum atomic E-state index is -3.59. The highest BCUT2D eigenvalue weighted by Gasteiger charge is 2.20. The Hall–Kier alpha value is -4.68. The maximum absolute atomic E-state index is 13.6. The van der Waals surface area contributed by atoms with Gasteiger partial charge in [-0.3, -0.25) is 9.36 Å². The largest absolute Gasteiger partial charge is 0.283 e. The highest BCUT2D eigenvalue weighted by Crippen LogP contribution is 2.30. The molecular weight excluding hydrogens is 492 g/mol. The van der Waals surface area contributed by atoms with E-state index in [0.29, 0.717) is 28.2 Å². The van der Waals surface area contributed by atoms with E-state index in [1.807, 2.05) is 49.5 Å². The van der Waals surface area contributed by atoms with E-state index in [0.717, 1.165) is 11.3 Å². The smallest absolute Gasteiger partial charge is 0.282 e. The molecule has 184 valence electrons. The Morgan fingerprint density at radius 1 is 0.973 bits per heavy atom. The number of sulfonamides is 1. The van der Waals surface area contributed by atoms with Gasteiger partial charge in [-0.15, -0.1) is 0 Å². The molecule has 0 bridgehead atoms. The second-order valence-corrected chi connectivity index (χ2v) is 10.2. The maximum atomic E-state index is 13.6. The summed E-state index contributed by atoms with van der Waals surface area (Å²) >= 11 is 0. The van der Waals surface area contributed by atoms with Gasteiger partial charge in [0.05, 0.1) is 10.6 Å². The molecule has 1 N–H and O–H groups in total. The Morgan fingerprint density at radius 2 is 1.78 bits per heavy atom. The van der Waals surface area contributed by atoms with Gasteiger partial charge >= 0.3 is 0 Å². The van der Waals surface area contributed by atoms with Crippen LogP contribution in [0.2, 0.25) is 0 Å². The third kappa shape index (κ3) is 3.79. The van der Waals surface area contributed by atoms with E-state index in [1.54, 1.807) is 27.5 Å². The molecule has 1 aromatic carbocycles. The fourth-order valence-electron chi connectivity index (χ4n) is 4.23. The van der Waals surface area contributed by atoms with Crippen LogP contribution in [-0.4, -0.2) is 49.4 Å². The molecule has 5 heterocycles. The van der Waals surface area contributed by atoms with Crippen LogP contribution >= 0.6 is 0 Å². The molecular formula is C25H20N8O3S. The lowest BCUT2D eigenvalue weighted by Crippen LogP contribution is -2.20. The van der Waals surface area contributed by atoms with Gasteiger partial charge in [0.25, 0.3) is 5.56 Å². The van der Waals surface area contributed by atoms with Crippen LogP contribution in [0.15, 0.2) is 89.1 Å². The van der Waals surface area contributed by atoms with Crippen molar-refractivity contribution < 1.29 is 8.42 Å². The monoisotopic (exact) mass is 512 g/mol. The number of rotatable bonds is 5. The van der Waals surface area contributed by atoms with E-state index in [1.165, 1.54) is 30.1 Å². The van der Waals surface area contributed by atoms with Crippen LogP contribution in [-0.2, 0) is 10.0 Å². The zero-order chi connectivity index (χ0) is 25.7. The molecule has 0 fully saturated rings. The van der Waals surface area contributed by atoms with Crippen LogP contribution in [0.3, 0.4) is 0 Å². The van der Waals surface area contributed by atoms with E-state index in [-0.39, 0.29) is 16.0 Å². The van der Waals surface area contributed by atoms with Crippen molar-refractivity contribution in [3.63, 3.8) is 0 Å². The third-order valence-corrected chi connectivity index (χ3v) is 7.50. The fourth-order valence-corrected chi connectivity index (χ4v) is 4.96. The van der Waals surface area contributed by atoms with Crippen LogP contribution in [0.1, 0.15) is 5.69 Å². The number of hydrogen-bond donors (Lipinski definition) is 1. The number of aryl methyl sites for hydroxylation is 1. The summed E-state index contributed by atoms with van der Waals surface area (Å²) < 4.78 is 31.2. The predicted molar refractivity (Wildman–Crippen MR) is 137 cm³/mol. The summed E-state index contributed by atoms with van der Waals surface area (Å²) in [6, 6.07) is 17.2. The molecule has 0 radical (unpaired) electrons. The van der Waals surface area contributed by atoms with Crippen molar-refractivity contribution in [2.24, 2.45) is 0 Å². The Kier molecular flexibility index (Phi) is 5.21. The van der Waals surface area contributed by atoms with Crippen molar-refractivity contribution in [1.29, 1.82) is 0 Å². The van der Waals surface area contributed by atoms with Crippen LogP contribution in [0.4, 0.5) is 0 Å². The molecule has 6 rings (SSSR count). The lowest BCUT2D eigenvalue weighted by atomic mass is 10.1. The highest BCUT2D eigenvalue weighted by atomic mass is 32.2. The van der Waals surface area contributed by atoms with E-state index in [4.69, 9.17) is 5.10 Å². The van der Waals surface area contributed by atoms with E-state index in [2.05, 4.69) is 19.8 Å². The summed E-state index contributed by atoms with van der Waals surface area (Å²) in [7, 11) is -2.25. The SMILES string of the molecule is CNS(=O)(=O)c1ccc(-n2ccc3c(-c4ccc5ncnn5c4)n(-c4cccc(C)n4)nc3c2=O)cc1. The number of pyridine rings is 3. The van der Waals surface area contributed by atoms with Gasteiger partial charge in [0.15, 0.2) is 17.0 Å². The molecule has 0 aliphatic heterocycles. The van der Waals surface area contributed by atoms with E-state index >= 15 is 0 Å². The molecule has 0 atom stereocenters. The Balaban J connectivity index is 1.58. The molecule has 0 saturated carbocycles. The molecule has 0 saturated heterocycles. The quantitative estimate of drug-likeness (QED) is 0.376. The summed E-state index contributed by atoms with van der Waals surface area (Å²) in [6.45, 7) is 1.89. The topological polar surface area (TPSA) is 129 Å². The lowest BCUT2D eigenvalue weighted by molar-refractivity contribution is 0.588. The average molecular weight is 513 g/mol. The minimum absolute atomic E-state index is 0.105. The first-order valence-electron chi connectivity index (χ1n) is 11.3. The van der Waals surface area contributed by atoms with Gasteiger partial charge in [-0.2, -0.15) is 10.2 Å². The molecule has 11 nitrogen and oxygen atoms in total. The lowest BCUT2D eigenvalue weighted by Gasteiger charge is -2.09. The van der Waals surface area contributed by atoms with Crippen LogP contribution in [0.25, 0.3) is 39.3 Å². The highest BCUT2D eigenvalue weighted by molar-refractivity contribution is 7.89. The third-order valence-electron chi connectivity index (χ3n) is 6.07. The number of aromatic nitrogens is 7. The van der Waals surface area contributed by atoms with Crippen molar-refractivity contribution in [1.82, 2.24) is 38.7 Å². The Bertz CT molecular complexity index is 1970. The maximum Gasteiger partial charge on any atom is 0.283 e. The Morgan fingerprint density at radius 3 is 2.54 bits per heavy atom. The van der Waals surface area contributed by atoms with Gasteiger partial charge in [0.2, 0.25) is 10.0 Å². The number of fused-ring (bicyclic) bond motifs is 2. The van der Waals surface area contributed by atoms with Gasteiger partial charge in [0, 0.05) is 34.7 Å². The zero-order valence-corrected chi connectivity index (χ0v) is 20.6. The van der Waals surface area contributed by atoms with Crippen LogP contribution in [0, 0.1) is 6.92 Å². The molecule has 0 aliphatic rings. The first-order valence-corrected chi connectivity index (χ1v) is 12.8. The fraction of sp³-hybridized carbons (Fsp3) is 0.0800. The molecule has 6 aromatic rings. The predicted octanol–water partition coefficient (Wildman–Crippen LogP) is 2.50. The molecule has 0 spiro atoms. The summed E-state index contributed by atoms with van der Waals surface area (Å²) in [5.41, 5.74) is 3.37. The molecule has 0 aliphatic carbocycles. The molecule has 0 unspecified atom stereocenters. The van der Waals surface area contributed by atoms with E-state index < -0.39 is 10.0 Å². The normalized spacial score (nSPS) is 11.9. The first kappa shape index (κ1) is 22.8. The first-order chi connectivity index (χ1) is 17.9. The summed E-state index contributed by atoms with van der Waals surface area (Å²) in [6.07, 6.45) is 4.96. The second-order valence-electron chi connectivity index (χ2n) is 8.33. The summed E-state index contributed by atoms with van der Waals surface area (Å²) in [5.74, 6) is 0.567. The van der Waals surface area contributed by atoms with Gasteiger partial charge in [0.1, 0.15) is 6.33 Å². The zero-order valence-electron chi connectivity index (χ0n) is 19.8. The molecule has 0 amide bonds. The number of hydrogen-bond acceptors (Lipinski definition) is 7. The van der Waals surface area contributed by atoms with Crippen molar-refractivity contribution in [2.45, 2.75) is 11.8 Å². The number of nitrogens with one attached hydrogen (secondary N) is 1. The van der Waals surface area contributed by atoms with Gasteiger partial charge < -0.3 is 0 Å². The van der Waals surface area contributed by atoms with Crippen molar-refractivity contribution >= 4 is 26.6 Å². The Labute approximate surface area is 210 Å². The van der Waals surface area contributed by atoms with Crippen molar-refractivity contribution in [3.8, 4) is 22.8 Å². The number of nitrogens with zero attached hydrogens (tertiary/aromatic N) is 7. The standard InChI is InChI=1S/C25H20N8O3S/c1-16-4-3-5-22(29-16)33-24(17-6-11-21-27-15-28-32(21)14-17)20-12-13-31(25(34)23(20)30-33)18-7-9-19(10-8-18)37(35,36)26-2/h3-15,26H,1-2H3. The van der Waals surface area contributed by atoms with Crippen LogP contribution < -0.4 is 10.3 Å². The van der Waals surface area contributed by atoms with Gasteiger partial charge in [-0.25, -0.2) is 32.3 Å². The average Bonchev–Trinajstić information content (AvgIpc) is 3.54. The number of benzene rings is 1. The molecule has 37 heavy (non-hydrogen) atoms. The minimum Gasteiger partial charge on any atom is -0.282 e. The van der Waals surface area contributed by atoms with Gasteiger partial charge in [-0.1, -0.05) is 6.07 Å².